The monoisotopic (exact) mass is 458 g/mol. The normalized spacial score (nSPS) is 21.3. The maximum Gasteiger partial charge on any atom is 0.410 e. The molecule has 1 aromatic carbocycles. The van der Waals surface area contributed by atoms with Crippen LogP contribution in [0.2, 0.25) is 0 Å². The van der Waals surface area contributed by atoms with Gasteiger partial charge in [0.15, 0.2) is 5.82 Å². The van der Waals surface area contributed by atoms with Crippen LogP contribution >= 0.6 is 0 Å². The van der Waals surface area contributed by atoms with Crippen molar-refractivity contribution < 1.29 is 24.2 Å². The van der Waals surface area contributed by atoms with E-state index < -0.39 is 29.1 Å². The van der Waals surface area contributed by atoms with E-state index >= 15 is 0 Å². The highest BCUT2D eigenvalue weighted by molar-refractivity contribution is 5.94. The average Bonchev–Trinajstić information content (AvgIpc) is 3.14. The number of hydrogen-bond donors (Lipinski definition) is 2. The van der Waals surface area contributed by atoms with Gasteiger partial charge < -0.3 is 24.6 Å². The van der Waals surface area contributed by atoms with E-state index in [1.54, 1.807) is 32.6 Å². The standard InChI is InChI=1S/C24H34N4O5/c1-15(2)12-28(20(29)19-25-17-9-7-8-10-18(17)26-19)16-11-24(6,21(30)31)14-27(13-16)22(32)33-23(3,4)5/h7-10,15-16H,11-14H2,1-6H3,(H,25,26)(H,30,31)/t16-,24+/m0/s1. The van der Waals surface area contributed by atoms with E-state index in [9.17, 15) is 19.5 Å². The Hall–Kier alpha value is -3.10. The summed E-state index contributed by atoms with van der Waals surface area (Å²) in [4.78, 5) is 49.2. The molecule has 0 aliphatic carbocycles. The highest BCUT2D eigenvalue weighted by atomic mass is 16.6. The van der Waals surface area contributed by atoms with E-state index in [1.807, 2.05) is 38.1 Å². The molecule has 1 saturated heterocycles. The van der Waals surface area contributed by atoms with Crippen LogP contribution in [0.25, 0.3) is 11.0 Å². The summed E-state index contributed by atoms with van der Waals surface area (Å²) in [5.74, 6) is -1.00. The zero-order valence-corrected chi connectivity index (χ0v) is 20.2. The second-order valence-electron chi connectivity index (χ2n) is 10.5. The highest BCUT2D eigenvalue weighted by Crippen LogP contribution is 2.34. The van der Waals surface area contributed by atoms with Crippen molar-refractivity contribution in [3.8, 4) is 0 Å². The summed E-state index contributed by atoms with van der Waals surface area (Å²) in [6.45, 7) is 11.5. The second-order valence-corrected chi connectivity index (χ2v) is 10.5. The number of piperidine rings is 1. The maximum absolute atomic E-state index is 13.6. The first-order chi connectivity index (χ1) is 15.3. The molecule has 9 heteroatoms. The third kappa shape index (κ3) is 5.64. The van der Waals surface area contributed by atoms with E-state index in [4.69, 9.17) is 4.74 Å². The molecule has 1 aromatic heterocycles. The van der Waals surface area contributed by atoms with Gasteiger partial charge in [0.25, 0.3) is 5.91 Å². The summed E-state index contributed by atoms with van der Waals surface area (Å²) >= 11 is 0. The number of likely N-dealkylation sites (tertiary alicyclic amines) is 1. The Morgan fingerprint density at radius 2 is 1.97 bits per heavy atom. The molecule has 0 radical (unpaired) electrons. The molecule has 180 valence electrons. The van der Waals surface area contributed by atoms with Crippen LogP contribution in [0.15, 0.2) is 24.3 Å². The third-order valence-electron chi connectivity index (χ3n) is 5.68. The van der Waals surface area contributed by atoms with Crippen LogP contribution in [0.4, 0.5) is 4.79 Å². The smallest absolute Gasteiger partial charge is 0.410 e. The number of hydrogen-bond acceptors (Lipinski definition) is 5. The predicted octanol–water partition coefficient (Wildman–Crippen LogP) is 3.76. The SMILES string of the molecule is CC(C)CN(C(=O)c1nc2ccccc2[nH]1)[C@@H]1CN(C(=O)OC(C)(C)C)C[C@](C)(C(=O)O)C1. The van der Waals surface area contributed by atoms with Crippen molar-refractivity contribution in [2.45, 2.75) is 59.6 Å². The fourth-order valence-corrected chi connectivity index (χ4v) is 4.20. The van der Waals surface area contributed by atoms with Gasteiger partial charge in [-0.3, -0.25) is 9.59 Å². The lowest BCUT2D eigenvalue weighted by atomic mass is 9.79. The molecule has 0 saturated carbocycles. The van der Waals surface area contributed by atoms with E-state index in [0.717, 1.165) is 5.52 Å². The van der Waals surface area contributed by atoms with E-state index in [-0.39, 0.29) is 37.2 Å². The maximum atomic E-state index is 13.6. The number of H-pyrrole nitrogens is 1. The lowest BCUT2D eigenvalue weighted by Crippen LogP contribution is -2.60. The summed E-state index contributed by atoms with van der Waals surface area (Å²) in [6, 6.07) is 6.87. The number of nitrogens with one attached hydrogen (secondary N) is 1. The Kier molecular flexibility index (Phi) is 6.72. The molecular weight excluding hydrogens is 424 g/mol. The molecule has 2 atom stereocenters. The Morgan fingerprint density at radius 1 is 1.30 bits per heavy atom. The number of aromatic nitrogens is 2. The number of aromatic amines is 1. The molecule has 0 bridgehead atoms. The number of aliphatic carboxylic acids is 1. The van der Waals surface area contributed by atoms with E-state index in [0.29, 0.717) is 12.1 Å². The summed E-state index contributed by atoms with van der Waals surface area (Å²) in [5, 5.41) is 9.96. The van der Waals surface area contributed by atoms with Gasteiger partial charge in [-0.1, -0.05) is 26.0 Å². The first-order valence-electron chi connectivity index (χ1n) is 11.3. The van der Waals surface area contributed by atoms with Gasteiger partial charge in [-0.15, -0.1) is 0 Å². The quantitative estimate of drug-likeness (QED) is 0.705. The van der Waals surface area contributed by atoms with Crippen LogP contribution in [-0.4, -0.2) is 74.1 Å². The van der Waals surface area contributed by atoms with Gasteiger partial charge in [0, 0.05) is 19.6 Å². The molecule has 2 aromatic rings. The number of ether oxygens (including phenoxy) is 1. The fraction of sp³-hybridized carbons (Fsp3) is 0.583. The third-order valence-corrected chi connectivity index (χ3v) is 5.68. The molecule has 33 heavy (non-hydrogen) atoms. The first kappa shape index (κ1) is 24.5. The van der Waals surface area contributed by atoms with E-state index in [2.05, 4.69) is 9.97 Å². The van der Waals surface area contributed by atoms with Crippen LogP contribution in [0.3, 0.4) is 0 Å². The van der Waals surface area contributed by atoms with Gasteiger partial charge in [-0.05, 0) is 52.2 Å². The number of carboxylic acid groups (broad SMARTS) is 1. The largest absolute Gasteiger partial charge is 0.481 e. The number of carboxylic acids is 1. The van der Waals surface area contributed by atoms with Gasteiger partial charge in [0.2, 0.25) is 0 Å². The van der Waals surface area contributed by atoms with Crippen molar-refractivity contribution in [1.29, 1.82) is 0 Å². The summed E-state index contributed by atoms with van der Waals surface area (Å²) in [5.41, 5.74) is -0.506. The summed E-state index contributed by atoms with van der Waals surface area (Å²) in [7, 11) is 0. The molecular formula is C24H34N4O5. The van der Waals surface area contributed by atoms with Crippen molar-refractivity contribution in [3.63, 3.8) is 0 Å². The van der Waals surface area contributed by atoms with Crippen LogP contribution < -0.4 is 0 Å². The lowest BCUT2D eigenvalue weighted by molar-refractivity contribution is -0.152. The molecule has 9 nitrogen and oxygen atoms in total. The molecule has 1 aliphatic heterocycles. The van der Waals surface area contributed by atoms with Crippen molar-refractivity contribution in [2.75, 3.05) is 19.6 Å². The molecule has 2 amide bonds. The summed E-state index contributed by atoms with van der Waals surface area (Å²) in [6.07, 6.45) is -0.360. The lowest BCUT2D eigenvalue weighted by Gasteiger charge is -2.46. The van der Waals surface area contributed by atoms with Crippen LogP contribution in [0, 0.1) is 11.3 Å². The van der Waals surface area contributed by atoms with Gasteiger partial charge in [-0.25, -0.2) is 9.78 Å². The molecule has 0 unspecified atom stereocenters. The Morgan fingerprint density at radius 3 is 2.55 bits per heavy atom. The number of amides is 2. The molecule has 3 rings (SSSR count). The topological polar surface area (TPSA) is 116 Å². The van der Waals surface area contributed by atoms with Crippen molar-refractivity contribution in [3.05, 3.63) is 30.1 Å². The minimum atomic E-state index is -1.22. The first-order valence-corrected chi connectivity index (χ1v) is 11.3. The number of carbonyl (C=O) groups excluding carboxylic acids is 2. The molecule has 1 fully saturated rings. The number of carbonyl (C=O) groups is 3. The Balaban J connectivity index is 1.95. The molecule has 1 aliphatic rings. The predicted molar refractivity (Wildman–Crippen MR) is 124 cm³/mol. The molecule has 2 N–H and O–H groups in total. The zero-order valence-electron chi connectivity index (χ0n) is 20.2. The van der Waals surface area contributed by atoms with Gasteiger partial charge in [-0.2, -0.15) is 0 Å². The number of nitrogens with zero attached hydrogens (tertiary/aromatic N) is 3. The molecule has 0 spiro atoms. The van der Waals surface area contributed by atoms with Crippen LogP contribution in [0.1, 0.15) is 58.6 Å². The average molecular weight is 459 g/mol. The second kappa shape index (κ2) is 9.03. The Labute approximate surface area is 194 Å². The van der Waals surface area contributed by atoms with Crippen LogP contribution in [-0.2, 0) is 9.53 Å². The van der Waals surface area contributed by atoms with Crippen LogP contribution in [0.5, 0.6) is 0 Å². The van der Waals surface area contributed by atoms with E-state index in [1.165, 1.54) is 4.90 Å². The fourth-order valence-electron chi connectivity index (χ4n) is 4.20. The number of benzene rings is 1. The van der Waals surface area contributed by atoms with Crippen molar-refractivity contribution >= 4 is 29.0 Å². The number of rotatable bonds is 5. The number of fused-ring (bicyclic) bond motifs is 1. The number of imidazole rings is 1. The van der Waals surface area contributed by atoms with Gasteiger partial charge in [0.05, 0.1) is 22.5 Å². The minimum Gasteiger partial charge on any atom is -0.481 e. The Bertz CT molecular complexity index is 1010. The van der Waals surface area contributed by atoms with Gasteiger partial charge >= 0.3 is 12.1 Å². The van der Waals surface area contributed by atoms with Gasteiger partial charge in [0.1, 0.15) is 5.60 Å². The number of para-hydroxylation sites is 2. The molecule has 2 heterocycles. The summed E-state index contributed by atoms with van der Waals surface area (Å²) < 4.78 is 5.52. The zero-order chi connectivity index (χ0) is 24.6. The highest BCUT2D eigenvalue weighted by Gasteiger charge is 2.47. The minimum absolute atomic E-state index is 0.0160. The van der Waals surface area contributed by atoms with Crippen molar-refractivity contribution in [2.24, 2.45) is 11.3 Å². The van der Waals surface area contributed by atoms with Crippen molar-refractivity contribution in [1.82, 2.24) is 19.8 Å².